The molecule has 3 aromatic heterocycles. The molecule has 43 heavy (non-hydrogen) atoms. The minimum absolute atomic E-state index is 0.0377. The second-order valence-corrected chi connectivity index (χ2v) is 13.5. The Hall–Kier alpha value is -4.71. The van der Waals surface area contributed by atoms with Crippen LogP contribution in [0.3, 0.4) is 0 Å². The number of nitrogens with zero attached hydrogens (tertiary/aromatic N) is 5. The van der Waals surface area contributed by atoms with Crippen molar-refractivity contribution in [1.82, 2.24) is 25.0 Å². The number of ether oxygens (including phenoxy) is 1. The normalized spacial score (nSPS) is 12.7. The molecule has 5 aromatic rings. The van der Waals surface area contributed by atoms with Crippen molar-refractivity contribution in [3.63, 3.8) is 0 Å². The number of nitrogens with one attached hydrogen (secondary N) is 1. The van der Waals surface area contributed by atoms with Crippen molar-refractivity contribution in [2.45, 2.75) is 56.7 Å². The molecular formula is C31H31FN6O4S. The minimum Gasteiger partial charge on any atom is -0.453 e. The zero-order valence-corrected chi connectivity index (χ0v) is 25.2. The van der Waals surface area contributed by atoms with E-state index in [0.29, 0.717) is 33.4 Å². The van der Waals surface area contributed by atoms with Gasteiger partial charge in [-0.15, -0.1) is 0 Å². The third-order valence-electron chi connectivity index (χ3n) is 6.90. The van der Waals surface area contributed by atoms with Crippen molar-refractivity contribution in [2.24, 2.45) is 0 Å². The monoisotopic (exact) mass is 602 g/mol. The lowest BCUT2D eigenvalue weighted by atomic mass is 10.1. The molecule has 3 heterocycles. The number of amides is 1. The van der Waals surface area contributed by atoms with Gasteiger partial charge in [-0.25, -0.2) is 12.8 Å². The molecule has 0 saturated carbocycles. The third-order valence-corrected chi connectivity index (χ3v) is 8.98. The standard InChI is InChI=1S/C31H31FN6O4S/c1-19-13-21(15-29(39)36-22-17-35-38(18-22)31(3,4)5)14-25(32)30(19)42-28-10-12-33-27-9-8-23(16-24(27)28)43(40,41)20(2)26-7-6-11-34-37-26/h6-14,16-18,20H,15H2,1-5H3,(H,36,39)/t20-/m0/s1. The van der Waals surface area contributed by atoms with E-state index in [1.165, 1.54) is 30.6 Å². The van der Waals surface area contributed by atoms with E-state index < -0.39 is 20.9 Å². The Morgan fingerprint density at radius 2 is 1.91 bits per heavy atom. The molecule has 0 fully saturated rings. The second-order valence-electron chi connectivity index (χ2n) is 11.2. The Balaban J connectivity index is 1.38. The van der Waals surface area contributed by atoms with Crippen molar-refractivity contribution in [1.29, 1.82) is 0 Å². The van der Waals surface area contributed by atoms with Crippen molar-refractivity contribution < 1.29 is 22.3 Å². The quantitative estimate of drug-likeness (QED) is 0.231. The van der Waals surface area contributed by atoms with E-state index in [9.17, 15) is 13.2 Å². The number of aromatic nitrogens is 5. The highest BCUT2D eigenvalue weighted by atomic mass is 32.2. The van der Waals surface area contributed by atoms with E-state index in [0.717, 1.165) is 0 Å². The highest BCUT2D eigenvalue weighted by molar-refractivity contribution is 7.91. The Bertz CT molecular complexity index is 1900. The van der Waals surface area contributed by atoms with Gasteiger partial charge in [-0.1, -0.05) is 6.07 Å². The van der Waals surface area contributed by atoms with Gasteiger partial charge in [-0.2, -0.15) is 15.3 Å². The minimum atomic E-state index is -3.84. The van der Waals surface area contributed by atoms with E-state index in [1.807, 2.05) is 20.8 Å². The predicted octanol–water partition coefficient (Wildman–Crippen LogP) is 5.93. The number of pyridine rings is 1. The van der Waals surface area contributed by atoms with Crippen LogP contribution < -0.4 is 10.1 Å². The molecule has 0 saturated heterocycles. The molecule has 0 unspecified atom stereocenters. The average molecular weight is 603 g/mol. The fourth-order valence-electron chi connectivity index (χ4n) is 4.55. The summed E-state index contributed by atoms with van der Waals surface area (Å²) in [4.78, 5) is 17.0. The summed E-state index contributed by atoms with van der Waals surface area (Å²) in [5, 5.41) is 14.2. The maximum absolute atomic E-state index is 15.4. The van der Waals surface area contributed by atoms with Crippen LogP contribution in [0, 0.1) is 12.7 Å². The summed E-state index contributed by atoms with van der Waals surface area (Å²) in [6.45, 7) is 9.22. The van der Waals surface area contributed by atoms with Crippen LogP contribution >= 0.6 is 0 Å². The lowest BCUT2D eigenvalue weighted by Crippen LogP contribution is -2.22. The number of carbonyl (C=O) groups excluding carboxylic acids is 1. The SMILES string of the molecule is Cc1cc(CC(=O)Nc2cnn(C(C)(C)C)c2)cc(F)c1Oc1ccnc2ccc(S(=O)(=O)[C@@H](C)c3cccnn3)cc12. The zero-order chi connectivity index (χ0) is 30.9. The Morgan fingerprint density at radius 3 is 2.58 bits per heavy atom. The van der Waals surface area contributed by atoms with Crippen LogP contribution in [0.25, 0.3) is 10.9 Å². The summed E-state index contributed by atoms with van der Waals surface area (Å²) in [5.41, 5.74) is 2.04. The molecule has 1 N–H and O–H groups in total. The van der Waals surface area contributed by atoms with Gasteiger partial charge in [-0.05, 0) is 88.2 Å². The summed E-state index contributed by atoms with van der Waals surface area (Å²) >= 11 is 0. The molecule has 10 nitrogen and oxygen atoms in total. The molecule has 2 aromatic carbocycles. The number of aryl methyl sites for hydroxylation is 1. The summed E-state index contributed by atoms with van der Waals surface area (Å²) in [7, 11) is -3.84. The number of sulfone groups is 1. The summed E-state index contributed by atoms with van der Waals surface area (Å²) in [6, 6.07) is 12.2. The van der Waals surface area contributed by atoms with Crippen LogP contribution in [0.4, 0.5) is 10.1 Å². The van der Waals surface area contributed by atoms with Crippen molar-refractivity contribution in [2.75, 3.05) is 5.32 Å². The number of anilines is 1. The van der Waals surface area contributed by atoms with Gasteiger partial charge in [0.05, 0.1) is 40.0 Å². The molecule has 0 spiro atoms. The zero-order valence-electron chi connectivity index (χ0n) is 24.4. The maximum atomic E-state index is 15.4. The first kappa shape index (κ1) is 29.8. The lowest BCUT2D eigenvalue weighted by molar-refractivity contribution is -0.115. The number of fused-ring (bicyclic) bond motifs is 1. The van der Waals surface area contributed by atoms with Crippen LogP contribution in [0.15, 0.2) is 78.2 Å². The molecule has 0 aliphatic heterocycles. The molecular weight excluding hydrogens is 571 g/mol. The van der Waals surface area contributed by atoms with E-state index >= 15 is 4.39 Å². The Labute approximate surface area is 248 Å². The maximum Gasteiger partial charge on any atom is 0.228 e. The lowest BCUT2D eigenvalue weighted by Gasteiger charge is -2.18. The molecule has 0 aliphatic rings. The van der Waals surface area contributed by atoms with Gasteiger partial charge in [0.2, 0.25) is 5.91 Å². The summed E-state index contributed by atoms with van der Waals surface area (Å²) < 4.78 is 50.0. The number of rotatable bonds is 8. The molecule has 0 aliphatic carbocycles. The van der Waals surface area contributed by atoms with Gasteiger partial charge in [0, 0.05) is 24.0 Å². The van der Waals surface area contributed by atoms with E-state index in [4.69, 9.17) is 4.74 Å². The number of hydrogen-bond donors (Lipinski definition) is 1. The third kappa shape index (κ3) is 6.38. The predicted molar refractivity (Wildman–Crippen MR) is 160 cm³/mol. The smallest absolute Gasteiger partial charge is 0.228 e. The fourth-order valence-corrected chi connectivity index (χ4v) is 5.94. The van der Waals surface area contributed by atoms with Gasteiger partial charge in [0.15, 0.2) is 21.4 Å². The molecule has 1 atom stereocenters. The van der Waals surface area contributed by atoms with Gasteiger partial charge >= 0.3 is 0 Å². The first-order valence-electron chi connectivity index (χ1n) is 13.5. The number of halogens is 1. The molecule has 0 bridgehead atoms. The van der Waals surface area contributed by atoms with Crippen LogP contribution in [0.5, 0.6) is 11.5 Å². The topological polar surface area (TPSA) is 129 Å². The van der Waals surface area contributed by atoms with Gasteiger partial charge in [-0.3, -0.25) is 14.5 Å². The van der Waals surface area contributed by atoms with Gasteiger partial charge < -0.3 is 10.1 Å². The van der Waals surface area contributed by atoms with Crippen LogP contribution in [0.2, 0.25) is 0 Å². The number of carbonyl (C=O) groups is 1. The second kappa shape index (κ2) is 11.5. The molecule has 5 rings (SSSR count). The highest BCUT2D eigenvalue weighted by Crippen LogP contribution is 2.36. The summed E-state index contributed by atoms with van der Waals surface area (Å²) in [6.07, 6.45) is 6.23. The molecule has 222 valence electrons. The average Bonchev–Trinajstić information content (AvgIpc) is 3.44. The van der Waals surface area contributed by atoms with E-state index in [2.05, 4.69) is 25.6 Å². The fraction of sp³-hybridized carbons (Fsp3) is 0.258. The van der Waals surface area contributed by atoms with Crippen molar-refractivity contribution >= 4 is 32.3 Å². The Morgan fingerprint density at radius 1 is 1.12 bits per heavy atom. The van der Waals surface area contributed by atoms with Gasteiger partial charge in [0.25, 0.3) is 0 Å². The van der Waals surface area contributed by atoms with E-state index in [1.54, 1.807) is 61.3 Å². The highest BCUT2D eigenvalue weighted by Gasteiger charge is 2.27. The van der Waals surface area contributed by atoms with Gasteiger partial charge in [0.1, 0.15) is 11.0 Å². The molecule has 1 amide bonds. The van der Waals surface area contributed by atoms with Crippen LogP contribution in [-0.4, -0.2) is 39.3 Å². The first-order valence-corrected chi connectivity index (χ1v) is 15.1. The van der Waals surface area contributed by atoms with Crippen LogP contribution in [-0.2, 0) is 26.6 Å². The first-order chi connectivity index (χ1) is 20.3. The van der Waals surface area contributed by atoms with Crippen LogP contribution in [0.1, 0.15) is 49.8 Å². The Kier molecular flexibility index (Phi) is 7.98. The molecule has 12 heteroatoms. The number of benzene rings is 2. The largest absolute Gasteiger partial charge is 0.453 e. The number of hydrogen-bond acceptors (Lipinski definition) is 8. The van der Waals surface area contributed by atoms with E-state index in [-0.39, 0.29) is 34.3 Å². The van der Waals surface area contributed by atoms with Crippen molar-refractivity contribution in [3.8, 4) is 11.5 Å². The van der Waals surface area contributed by atoms with Crippen molar-refractivity contribution in [3.05, 3.63) is 96.0 Å². The molecule has 0 radical (unpaired) electrons. The summed E-state index contributed by atoms with van der Waals surface area (Å²) in [5.74, 6) is -0.777.